The predicted molar refractivity (Wildman–Crippen MR) is 50.0 cm³/mol. The van der Waals surface area contributed by atoms with Crippen molar-refractivity contribution in [1.82, 2.24) is 0 Å². The predicted octanol–water partition coefficient (Wildman–Crippen LogP) is 0.630. The first kappa shape index (κ1) is 9.86. The highest BCUT2D eigenvalue weighted by Gasteiger charge is 2.44. The van der Waals surface area contributed by atoms with E-state index < -0.39 is 5.54 Å². The monoisotopic (exact) mass is 189 g/mol. The number of hydrogen-bond donors (Lipinski definition) is 1. The SMILES string of the molecule is CCC(N)(C(=O)OC)C1CSC1. The number of nitrogens with two attached hydrogens (primary N) is 1. The Bertz CT molecular complexity index is 182. The van der Waals surface area contributed by atoms with Gasteiger partial charge in [-0.1, -0.05) is 6.92 Å². The summed E-state index contributed by atoms with van der Waals surface area (Å²) in [6, 6.07) is 0. The van der Waals surface area contributed by atoms with Gasteiger partial charge in [0.2, 0.25) is 0 Å². The molecule has 0 aromatic carbocycles. The first-order valence-electron chi connectivity index (χ1n) is 4.10. The van der Waals surface area contributed by atoms with Crippen molar-refractivity contribution in [1.29, 1.82) is 0 Å². The molecule has 0 saturated carbocycles. The second-order valence-electron chi connectivity index (χ2n) is 3.12. The molecule has 0 aromatic heterocycles. The average molecular weight is 189 g/mol. The molecular formula is C8H15NO2S. The van der Waals surface area contributed by atoms with E-state index in [0.717, 1.165) is 11.5 Å². The topological polar surface area (TPSA) is 52.3 Å². The molecule has 0 amide bonds. The Morgan fingerprint density at radius 3 is 2.58 bits per heavy atom. The molecule has 3 nitrogen and oxygen atoms in total. The molecule has 1 aliphatic rings. The third kappa shape index (κ3) is 1.45. The normalized spacial score (nSPS) is 22.6. The first-order chi connectivity index (χ1) is 5.65. The minimum absolute atomic E-state index is 0.268. The second kappa shape index (κ2) is 3.66. The van der Waals surface area contributed by atoms with Crippen molar-refractivity contribution in [3.63, 3.8) is 0 Å². The van der Waals surface area contributed by atoms with Crippen LogP contribution in [0.2, 0.25) is 0 Å². The molecule has 0 bridgehead atoms. The zero-order valence-electron chi connectivity index (χ0n) is 7.50. The van der Waals surface area contributed by atoms with E-state index in [1.807, 2.05) is 18.7 Å². The Balaban J connectivity index is 2.66. The minimum Gasteiger partial charge on any atom is -0.468 e. The molecule has 0 aromatic rings. The number of carbonyl (C=O) groups excluding carboxylic acids is 1. The lowest BCUT2D eigenvalue weighted by molar-refractivity contribution is -0.149. The molecule has 1 aliphatic heterocycles. The number of thioether (sulfide) groups is 1. The fraction of sp³-hybridized carbons (Fsp3) is 0.875. The van der Waals surface area contributed by atoms with Gasteiger partial charge in [0.15, 0.2) is 0 Å². The molecular weight excluding hydrogens is 174 g/mol. The van der Waals surface area contributed by atoms with Gasteiger partial charge in [-0.3, -0.25) is 4.79 Å². The van der Waals surface area contributed by atoms with Gasteiger partial charge in [-0.25, -0.2) is 0 Å². The van der Waals surface area contributed by atoms with Crippen LogP contribution in [-0.4, -0.2) is 30.1 Å². The van der Waals surface area contributed by atoms with E-state index >= 15 is 0 Å². The molecule has 2 N–H and O–H groups in total. The summed E-state index contributed by atoms with van der Waals surface area (Å²) in [5, 5.41) is 0. The number of methoxy groups -OCH3 is 1. The summed E-state index contributed by atoms with van der Waals surface area (Å²) >= 11 is 1.83. The summed E-state index contributed by atoms with van der Waals surface area (Å²) in [4.78, 5) is 11.3. The summed E-state index contributed by atoms with van der Waals surface area (Å²) in [6.45, 7) is 1.93. The fourth-order valence-corrected chi connectivity index (χ4v) is 2.39. The molecule has 0 radical (unpaired) electrons. The average Bonchev–Trinajstić information content (AvgIpc) is 1.99. The smallest absolute Gasteiger partial charge is 0.326 e. The number of rotatable bonds is 3. The third-order valence-electron chi connectivity index (χ3n) is 2.52. The van der Waals surface area contributed by atoms with Crippen molar-refractivity contribution in [2.75, 3.05) is 18.6 Å². The van der Waals surface area contributed by atoms with Gasteiger partial charge in [-0.05, 0) is 17.9 Å². The van der Waals surface area contributed by atoms with Crippen LogP contribution in [0.25, 0.3) is 0 Å². The lowest BCUT2D eigenvalue weighted by atomic mass is 9.84. The van der Waals surface area contributed by atoms with Crippen LogP contribution in [0.1, 0.15) is 13.3 Å². The first-order valence-corrected chi connectivity index (χ1v) is 5.25. The third-order valence-corrected chi connectivity index (χ3v) is 3.79. The van der Waals surface area contributed by atoms with Crippen molar-refractivity contribution >= 4 is 17.7 Å². The summed E-state index contributed by atoms with van der Waals surface area (Å²) < 4.78 is 4.69. The fourth-order valence-electron chi connectivity index (χ4n) is 1.32. The van der Waals surface area contributed by atoms with Crippen molar-refractivity contribution in [3.8, 4) is 0 Å². The van der Waals surface area contributed by atoms with Crippen LogP contribution in [0.4, 0.5) is 0 Å². The highest BCUT2D eigenvalue weighted by Crippen LogP contribution is 2.34. The van der Waals surface area contributed by atoms with Gasteiger partial charge >= 0.3 is 5.97 Å². The van der Waals surface area contributed by atoms with Crippen molar-refractivity contribution in [2.45, 2.75) is 18.9 Å². The summed E-state index contributed by atoms with van der Waals surface area (Å²) in [6.07, 6.45) is 0.658. The summed E-state index contributed by atoms with van der Waals surface area (Å²) in [5.41, 5.74) is 5.23. The lowest BCUT2D eigenvalue weighted by Gasteiger charge is -2.39. The van der Waals surface area contributed by atoms with Crippen molar-refractivity contribution in [3.05, 3.63) is 0 Å². The van der Waals surface area contributed by atoms with Gasteiger partial charge in [0, 0.05) is 5.92 Å². The zero-order valence-corrected chi connectivity index (χ0v) is 8.32. The van der Waals surface area contributed by atoms with Crippen LogP contribution >= 0.6 is 11.8 Å². The highest BCUT2D eigenvalue weighted by molar-refractivity contribution is 8.00. The maximum atomic E-state index is 11.3. The number of ether oxygens (including phenoxy) is 1. The maximum absolute atomic E-state index is 11.3. The molecule has 0 spiro atoms. The van der Waals surface area contributed by atoms with Gasteiger partial charge in [0.05, 0.1) is 7.11 Å². The van der Waals surface area contributed by atoms with Gasteiger partial charge in [-0.2, -0.15) is 11.8 Å². The van der Waals surface area contributed by atoms with E-state index in [4.69, 9.17) is 5.73 Å². The molecule has 1 unspecified atom stereocenters. The molecule has 1 fully saturated rings. The largest absolute Gasteiger partial charge is 0.468 e. The molecule has 12 heavy (non-hydrogen) atoms. The Morgan fingerprint density at radius 2 is 2.33 bits per heavy atom. The van der Waals surface area contributed by atoms with Crippen LogP contribution in [-0.2, 0) is 9.53 Å². The van der Waals surface area contributed by atoms with Gasteiger partial charge in [0.25, 0.3) is 0 Å². The van der Waals surface area contributed by atoms with Gasteiger partial charge < -0.3 is 10.5 Å². The van der Waals surface area contributed by atoms with E-state index in [-0.39, 0.29) is 5.97 Å². The van der Waals surface area contributed by atoms with Gasteiger partial charge in [-0.15, -0.1) is 0 Å². The molecule has 1 rings (SSSR count). The van der Waals surface area contributed by atoms with E-state index in [2.05, 4.69) is 4.74 Å². The van der Waals surface area contributed by atoms with Crippen LogP contribution in [0.15, 0.2) is 0 Å². The summed E-state index contributed by atoms with van der Waals surface area (Å²) in [7, 11) is 1.39. The van der Waals surface area contributed by atoms with Crippen LogP contribution in [0, 0.1) is 5.92 Å². The number of esters is 1. The molecule has 70 valence electrons. The Kier molecular flexibility index (Phi) is 3.01. The molecule has 1 heterocycles. The van der Waals surface area contributed by atoms with E-state index in [1.165, 1.54) is 7.11 Å². The van der Waals surface area contributed by atoms with Crippen LogP contribution < -0.4 is 5.73 Å². The van der Waals surface area contributed by atoms with Crippen LogP contribution in [0.5, 0.6) is 0 Å². The Morgan fingerprint density at radius 1 is 1.75 bits per heavy atom. The van der Waals surface area contributed by atoms with Gasteiger partial charge in [0.1, 0.15) is 5.54 Å². The lowest BCUT2D eigenvalue weighted by Crippen LogP contribution is -2.58. The zero-order chi connectivity index (χ0) is 9.19. The highest BCUT2D eigenvalue weighted by atomic mass is 32.2. The molecule has 0 aliphatic carbocycles. The second-order valence-corrected chi connectivity index (χ2v) is 4.19. The minimum atomic E-state index is -0.736. The Labute approximate surface area is 77.0 Å². The van der Waals surface area contributed by atoms with E-state index in [1.54, 1.807) is 0 Å². The van der Waals surface area contributed by atoms with E-state index in [9.17, 15) is 4.79 Å². The standard InChI is InChI=1S/C8H15NO2S/c1-3-8(9,7(10)11-2)6-4-12-5-6/h6H,3-5,9H2,1-2H3. The number of hydrogen-bond acceptors (Lipinski definition) is 4. The maximum Gasteiger partial charge on any atom is 0.326 e. The number of carbonyl (C=O) groups is 1. The van der Waals surface area contributed by atoms with Crippen molar-refractivity contribution in [2.24, 2.45) is 11.7 Å². The van der Waals surface area contributed by atoms with E-state index in [0.29, 0.717) is 12.3 Å². The summed E-state index contributed by atoms with van der Waals surface area (Å²) in [5.74, 6) is 2.01. The molecule has 1 saturated heterocycles. The van der Waals surface area contributed by atoms with Crippen molar-refractivity contribution < 1.29 is 9.53 Å². The molecule has 1 atom stereocenters. The molecule has 4 heteroatoms. The Hall–Kier alpha value is -0.220. The van der Waals surface area contributed by atoms with Crippen LogP contribution in [0.3, 0.4) is 0 Å². The quantitative estimate of drug-likeness (QED) is 0.662.